The summed E-state index contributed by atoms with van der Waals surface area (Å²) in [6.45, 7) is 2.44. The first-order valence-electron chi connectivity index (χ1n) is 5.48. The van der Waals surface area contributed by atoms with Gasteiger partial charge in [0.15, 0.2) is 0 Å². The van der Waals surface area contributed by atoms with Gasteiger partial charge in [-0.25, -0.2) is 0 Å². The van der Waals surface area contributed by atoms with Crippen LogP contribution >= 0.6 is 15.9 Å². The molecule has 2 nitrogen and oxygen atoms in total. The molecule has 1 heterocycles. The first-order valence-corrected chi connectivity index (χ1v) is 6.28. The van der Waals surface area contributed by atoms with E-state index in [0.717, 1.165) is 29.9 Å². The molecule has 0 N–H and O–H groups in total. The Balaban J connectivity index is 1.71. The molecule has 16 heavy (non-hydrogen) atoms. The van der Waals surface area contributed by atoms with Crippen LogP contribution < -0.4 is 4.74 Å². The molecule has 0 aromatic heterocycles. The lowest BCUT2D eigenvalue weighted by Gasteiger charge is -2.38. The lowest BCUT2D eigenvalue weighted by atomic mass is 10.1. The highest BCUT2D eigenvalue weighted by molar-refractivity contribution is 9.10. The Bertz CT molecular complexity index is 324. The van der Waals surface area contributed by atoms with Crippen LogP contribution in [0.2, 0.25) is 0 Å². The van der Waals surface area contributed by atoms with Crippen molar-refractivity contribution < 1.29 is 9.13 Å². The van der Waals surface area contributed by atoms with Gasteiger partial charge in [-0.15, -0.1) is 0 Å². The molecule has 0 spiro atoms. The van der Waals surface area contributed by atoms with Gasteiger partial charge in [0.1, 0.15) is 11.9 Å². The van der Waals surface area contributed by atoms with E-state index in [1.54, 1.807) is 0 Å². The molecule has 1 aliphatic rings. The molecule has 1 fully saturated rings. The third kappa shape index (κ3) is 3.19. The first-order chi connectivity index (χ1) is 7.78. The van der Waals surface area contributed by atoms with E-state index in [9.17, 15) is 4.39 Å². The third-order valence-corrected chi connectivity index (χ3v) is 3.18. The Labute approximate surface area is 104 Å². The van der Waals surface area contributed by atoms with Crippen LogP contribution in [0, 0.1) is 0 Å². The number of ether oxygens (including phenoxy) is 1. The van der Waals surface area contributed by atoms with Gasteiger partial charge in [0.25, 0.3) is 0 Å². The summed E-state index contributed by atoms with van der Waals surface area (Å²) in [6, 6.07) is 7.84. The van der Waals surface area contributed by atoms with E-state index in [-0.39, 0.29) is 12.8 Å². The molecular formula is C12H15BrFNO. The Morgan fingerprint density at radius 1 is 1.31 bits per heavy atom. The number of hydrogen-bond donors (Lipinski definition) is 0. The highest BCUT2D eigenvalue weighted by Gasteiger charge is 2.27. The molecule has 0 aliphatic carbocycles. The minimum atomic E-state index is -0.227. The van der Waals surface area contributed by atoms with E-state index in [2.05, 4.69) is 20.8 Å². The van der Waals surface area contributed by atoms with Crippen molar-refractivity contribution in [1.82, 2.24) is 4.90 Å². The van der Waals surface area contributed by atoms with Gasteiger partial charge in [0, 0.05) is 24.1 Å². The van der Waals surface area contributed by atoms with Gasteiger partial charge in [-0.1, -0.05) is 15.9 Å². The summed E-state index contributed by atoms with van der Waals surface area (Å²) in [6.07, 6.45) is 0.895. The van der Waals surface area contributed by atoms with Crippen LogP contribution in [-0.2, 0) is 0 Å². The fourth-order valence-electron chi connectivity index (χ4n) is 1.77. The van der Waals surface area contributed by atoms with Crippen LogP contribution in [0.1, 0.15) is 6.42 Å². The Morgan fingerprint density at radius 3 is 2.62 bits per heavy atom. The van der Waals surface area contributed by atoms with Crippen LogP contribution in [-0.4, -0.2) is 37.3 Å². The predicted molar refractivity (Wildman–Crippen MR) is 65.6 cm³/mol. The maximum atomic E-state index is 11.9. The molecule has 0 radical (unpaired) electrons. The van der Waals surface area contributed by atoms with Crippen LogP contribution in [0.25, 0.3) is 0 Å². The van der Waals surface area contributed by atoms with Crippen molar-refractivity contribution in [1.29, 1.82) is 0 Å². The van der Waals surface area contributed by atoms with Gasteiger partial charge in [0.05, 0.1) is 6.67 Å². The van der Waals surface area contributed by atoms with E-state index >= 15 is 0 Å². The monoisotopic (exact) mass is 287 g/mol. The van der Waals surface area contributed by atoms with Crippen LogP contribution in [0.15, 0.2) is 28.7 Å². The van der Waals surface area contributed by atoms with Gasteiger partial charge in [0.2, 0.25) is 0 Å². The summed E-state index contributed by atoms with van der Waals surface area (Å²) in [7, 11) is 0. The summed E-state index contributed by atoms with van der Waals surface area (Å²) >= 11 is 3.38. The second kappa shape index (κ2) is 5.64. The molecule has 2 rings (SSSR count). The summed E-state index contributed by atoms with van der Waals surface area (Å²) in [5, 5.41) is 0. The van der Waals surface area contributed by atoms with Crippen LogP contribution in [0.4, 0.5) is 4.39 Å². The molecule has 1 aliphatic heterocycles. The highest BCUT2D eigenvalue weighted by Crippen LogP contribution is 2.20. The van der Waals surface area contributed by atoms with Crippen LogP contribution in [0.5, 0.6) is 5.75 Å². The van der Waals surface area contributed by atoms with Crippen molar-refractivity contribution in [3.8, 4) is 5.75 Å². The second-order valence-electron chi connectivity index (χ2n) is 4.00. The van der Waals surface area contributed by atoms with Crippen molar-refractivity contribution >= 4 is 15.9 Å². The molecule has 1 aromatic carbocycles. The van der Waals surface area contributed by atoms with Gasteiger partial charge in [-0.3, -0.25) is 9.29 Å². The van der Waals surface area contributed by atoms with Crippen molar-refractivity contribution in [2.75, 3.05) is 26.3 Å². The molecule has 1 saturated heterocycles. The summed E-state index contributed by atoms with van der Waals surface area (Å²) in [4.78, 5) is 2.21. The van der Waals surface area contributed by atoms with Crippen LogP contribution in [0.3, 0.4) is 0 Å². The van der Waals surface area contributed by atoms with Gasteiger partial charge >= 0.3 is 0 Å². The maximum Gasteiger partial charge on any atom is 0.124 e. The maximum absolute atomic E-state index is 11.9. The zero-order valence-corrected chi connectivity index (χ0v) is 10.6. The van der Waals surface area contributed by atoms with Gasteiger partial charge < -0.3 is 4.74 Å². The first kappa shape index (κ1) is 11.9. The molecule has 0 bridgehead atoms. The third-order valence-electron chi connectivity index (χ3n) is 2.65. The molecular weight excluding hydrogens is 273 g/mol. The molecule has 0 atom stereocenters. The van der Waals surface area contributed by atoms with E-state index in [0.29, 0.717) is 6.42 Å². The fourth-order valence-corrected chi connectivity index (χ4v) is 2.03. The summed E-state index contributed by atoms with van der Waals surface area (Å²) in [5.41, 5.74) is 0. The van der Waals surface area contributed by atoms with Crippen molar-refractivity contribution in [2.24, 2.45) is 0 Å². The SMILES string of the molecule is FCCCN1CC(Oc2ccc(Br)cc2)C1. The normalized spacial score (nSPS) is 17.1. The van der Waals surface area contributed by atoms with E-state index < -0.39 is 0 Å². The molecule has 0 saturated carbocycles. The number of halogens is 2. The smallest absolute Gasteiger partial charge is 0.124 e. The zero-order chi connectivity index (χ0) is 11.4. The van der Waals surface area contributed by atoms with Gasteiger partial charge in [-0.05, 0) is 30.7 Å². The molecule has 4 heteroatoms. The Morgan fingerprint density at radius 2 is 2.00 bits per heavy atom. The highest BCUT2D eigenvalue weighted by atomic mass is 79.9. The zero-order valence-electron chi connectivity index (χ0n) is 9.03. The number of alkyl halides is 1. The molecule has 0 amide bonds. The average Bonchev–Trinajstić information content (AvgIpc) is 2.24. The lowest BCUT2D eigenvalue weighted by Crippen LogP contribution is -2.53. The van der Waals surface area contributed by atoms with Crippen molar-refractivity contribution in [3.05, 3.63) is 28.7 Å². The van der Waals surface area contributed by atoms with Crippen molar-refractivity contribution in [3.63, 3.8) is 0 Å². The Kier molecular flexibility index (Phi) is 4.18. The van der Waals surface area contributed by atoms with E-state index in [1.807, 2.05) is 24.3 Å². The number of nitrogens with zero attached hydrogens (tertiary/aromatic N) is 1. The largest absolute Gasteiger partial charge is 0.488 e. The minimum Gasteiger partial charge on any atom is -0.488 e. The van der Waals surface area contributed by atoms with E-state index in [1.165, 1.54) is 0 Å². The number of benzene rings is 1. The predicted octanol–water partition coefficient (Wildman–Crippen LogP) is 2.87. The topological polar surface area (TPSA) is 12.5 Å². The number of hydrogen-bond acceptors (Lipinski definition) is 2. The molecule has 88 valence electrons. The van der Waals surface area contributed by atoms with Gasteiger partial charge in [-0.2, -0.15) is 0 Å². The lowest BCUT2D eigenvalue weighted by molar-refractivity contribution is 0.0184. The fraction of sp³-hybridized carbons (Fsp3) is 0.500. The molecule has 1 aromatic rings. The quantitative estimate of drug-likeness (QED) is 0.826. The summed E-state index contributed by atoms with van der Waals surface area (Å²) < 4.78 is 18.7. The summed E-state index contributed by atoms with van der Waals surface area (Å²) in [5.74, 6) is 0.901. The standard InChI is InChI=1S/C12H15BrFNO/c13-10-2-4-11(5-3-10)16-12-8-15(9-12)7-1-6-14/h2-5,12H,1,6-9H2. The average molecular weight is 288 g/mol. The number of rotatable bonds is 5. The van der Waals surface area contributed by atoms with E-state index in [4.69, 9.17) is 4.74 Å². The second-order valence-corrected chi connectivity index (χ2v) is 4.91. The number of likely N-dealkylation sites (tertiary alicyclic amines) is 1. The Hall–Kier alpha value is -0.610. The molecule has 0 unspecified atom stereocenters. The van der Waals surface area contributed by atoms with Crippen molar-refractivity contribution in [2.45, 2.75) is 12.5 Å². The minimum absolute atomic E-state index is 0.227.